The lowest BCUT2D eigenvalue weighted by atomic mass is 10.1. The topological polar surface area (TPSA) is 65.5 Å². The van der Waals surface area contributed by atoms with E-state index < -0.39 is 0 Å². The van der Waals surface area contributed by atoms with Crippen LogP contribution in [0.1, 0.15) is 29.9 Å². The number of nitrogens with zero attached hydrogens (tertiary/aromatic N) is 3. The number of hydrogen-bond acceptors (Lipinski definition) is 4. The Morgan fingerprint density at radius 2 is 2.05 bits per heavy atom. The highest BCUT2D eigenvalue weighted by molar-refractivity contribution is 5.94. The zero-order valence-corrected chi connectivity index (χ0v) is 13.7. The third-order valence-electron chi connectivity index (χ3n) is 4.08. The van der Waals surface area contributed by atoms with Gasteiger partial charge in [0.25, 0.3) is 5.91 Å². The number of nitrogens with one attached hydrogen (secondary N) is 1. The quantitative estimate of drug-likeness (QED) is 0.891. The molecular weight excluding hydrogens is 280 g/mol. The normalized spacial score (nSPS) is 19.3. The molecule has 1 aliphatic rings. The number of carbonyl (C=O) groups excluding carboxylic acids is 2. The van der Waals surface area contributed by atoms with E-state index in [1.165, 1.54) is 0 Å². The summed E-state index contributed by atoms with van der Waals surface area (Å²) in [5.74, 6) is -0.113. The molecule has 0 bridgehead atoms. The van der Waals surface area contributed by atoms with Gasteiger partial charge in [0.15, 0.2) is 0 Å². The van der Waals surface area contributed by atoms with E-state index in [2.05, 4.69) is 29.0 Å². The van der Waals surface area contributed by atoms with E-state index in [9.17, 15) is 9.59 Å². The van der Waals surface area contributed by atoms with Gasteiger partial charge in [0.05, 0.1) is 5.56 Å². The predicted molar refractivity (Wildman–Crippen MR) is 84.6 cm³/mol. The number of aryl methyl sites for hydroxylation is 1. The molecule has 0 aliphatic carbocycles. The molecule has 1 aromatic heterocycles. The van der Waals surface area contributed by atoms with Crippen molar-refractivity contribution in [3.05, 3.63) is 29.6 Å². The standard InChI is InChI=1S/C16H24N4O2/c1-11(2)20-8-7-19(10-14(20)15(21)17-4)16(22)13-6-5-12(3)18-9-13/h5-6,9,11,14H,7-8,10H2,1-4H3,(H,17,21)/t14-/m1/s1. The maximum absolute atomic E-state index is 12.6. The van der Waals surface area contributed by atoms with Crippen molar-refractivity contribution in [1.82, 2.24) is 20.1 Å². The molecule has 1 aliphatic heterocycles. The second kappa shape index (κ2) is 6.87. The zero-order valence-electron chi connectivity index (χ0n) is 13.7. The van der Waals surface area contributed by atoms with Gasteiger partial charge in [-0.15, -0.1) is 0 Å². The smallest absolute Gasteiger partial charge is 0.255 e. The highest BCUT2D eigenvalue weighted by atomic mass is 16.2. The van der Waals surface area contributed by atoms with Crippen LogP contribution in [-0.2, 0) is 4.79 Å². The molecule has 0 spiro atoms. The van der Waals surface area contributed by atoms with Gasteiger partial charge in [-0.3, -0.25) is 19.5 Å². The van der Waals surface area contributed by atoms with Gasteiger partial charge in [0.1, 0.15) is 6.04 Å². The summed E-state index contributed by atoms with van der Waals surface area (Å²) >= 11 is 0. The lowest BCUT2D eigenvalue weighted by Crippen LogP contribution is -2.61. The van der Waals surface area contributed by atoms with Gasteiger partial charge in [-0.2, -0.15) is 0 Å². The van der Waals surface area contributed by atoms with Gasteiger partial charge >= 0.3 is 0 Å². The van der Waals surface area contributed by atoms with Crippen LogP contribution in [0.5, 0.6) is 0 Å². The Morgan fingerprint density at radius 1 is 1.32 bits per heavy atom. The average molecular weight is 304 g/mol. The molecule has 0 aromatic carbocycles. The number of pyridine rings is 1. The molecular formula is C16H24N4O2. The van der Waals surface area contributed by atoms with Crippen molar-refractivity contribution in [2.24, 2.45) is 0 Å². The van der Waals surface area contributed by atoms with Gasteiger partial charge in [0, 0.05) is 44.6 Å². The summed E-state index contributed by atoms with van der Waals surface area (Å²) in [5.41, 5.74) is 1.45. The van der Waals surface area contributed by atoms with Crippen LogP contribution in [0.4, 0.5) is 0 Å². The first kappa shape index (κ1) is 16.4. The van der Waals surface area contributed by atoms with E-state index in [-0.39, 0.29) is 23.9 Å². The number of carbonyl (C=O) groups is 2. The maximum Gasteiger partial charge on any atom is 0.255 e. The Balaban J connectivity index is 2.15. The second-order valence-corrected chi connectivity index (χ2v) is 5.90. The first-order chi connectivity index (χ1) is 10.4. The third-order valence-corrected chi connectivity index (χ3v) is 4.08. The zero-order chi connectivity index (χ0) is 16.3. The molecule has 2 rings (SSSR count). The molecule has 120 valence electrons. The molecule has 1 aromatic rings. The molecule has 0 saturated carbocycles. The fourth-order valence-corrected chi connectivity index (χ4v) is 2.78. The lowest BCUT2D eigenvalue weighted by molar-refractivity contribution is -0.128. The highest BCUT2D eigenvalue weighted by Crippen LogP contribution is 2.16. The average Bonchev–Trinajstić information content (AvgIpc) is 2.53. The largest absolute Gasteiger partial charge is 0.358 e. The van der Waals surface area contributed by atoms with Crippen LogP contribution in [0.25, 0.3) is 0 Å². The van der Waals surface area contributed by atoms with Gasteiger partial charge in [0.2, 0.25) is 5.91 Å². The number of amides is 2. The molecule has 0 unspecified atom stereocenters. The number of aromatic nitrogens is 1. The lowest BCUT2D eigenvalue weighted by Gasteiger charge is -2.42. The summed E-state index contributed by atoms with van der Waals surface area (Å²) in [7, 11) is 1.63. The van der Waals surface area contributed by atoms with Crippen LogP contribution in [0.2, 0.25) is 0 Å². The van der Waals surface area contributed by atoms with Crippen LogP contribution < -0.4 is 5.32 Å². The first-order valence-electron chi connectivity index (χ1n) is 7.63. The second-order valence-electron chi connectivity index (χ2n) is 5.90. The van der Waals surface area contributed by atoms with Crippen molar-refractivity contribution in [3.8, 4) is 0 Å². The Morgan fingerprint density at radius 3 is 2.59 bits per heavy atom. The summed E-state index contributed by atoms with van der Waals surface area (Å²) in [4.78, 5) is 32.8. The first-order valence-corrected chi connectivity index (χ1v) is 7.63. The van der Waals surface area contributed by atoms with E-state index in [0.29, 0.717) is 25.2 Å². The fourth-order valence-electron chi connectivity index (χ4n) is 2.78. The summed E-state index contributed by atoms with van der Waals surface area (Å²) in [6.45, 7) is 7.75. The number of rotatable bonds is 3. The van der Waals surface area contributed by atoms with Gasteiger partial charge < -0.3 is 10.2 Å². The van der Waals surface area contributed by atoms with E-state index in [1.807, 2.05) is 13.0 Å². The molecule has 1 N–H and O–H groups in total. The van der Waals surface area contributed by atoms with E-state index in [1.54, 1.807) is 24.2 Å². The molecule has 6 heteroatoms. The maximum atomic E-state index is 12.6. The number of piperazine rings is 1. The third kappa shape index (κ3) is 3.44. The molecule has 22 heavy (non-hydrogen) atoms. The van der Waals surface area contributed by atoms with Gasteiger partial charge in [-0.1, -0.05) is 0 Å². The summed E-state index contributed by atoms with van der Waals surface area (Å²) in [6.07, 6.45) is 1.60. The SMILES string of the molecule is CNC(=O)[C@H]1CN(C(=O)c2ccc(C)nc2)CCN1C(C)C. The van der Waals surface area contributed by atoms with Crippen molar-refractivity contribution in [2.45, 2.75) is 32.9 Å². The van der Waals surface area contributed by atoms with Crippen molar-refractivity contribution < 1.29 is 9.59 Å². The molecule has 2 heterocycles. The molecule has 1 fully saturated rings. The minimum atomic E-state index is -0.305. The van der Waals surface area contributed by atoms with Crippen LogP contribution in [-0.4, -0.2) is 65.4 Å². The fraction of sp³-hybridized carbons (Fsp3) is 0.562. The van der Waals surface area contributed by atoms with Crippen LogP contribution >= 0.6 is 0 Å². The Kier molecular flexibility index (Phi) is 5.13. The minimum Gasteiger partial charge on any atom is -0.358 e. The summed E-state index contributed by atoms with van der Waals surface area (Å²) < 4.78 is 0. The van der Waals surface area contributed by atoms with Crippen LogP contribution in [0, 0.1) is 6.92 Å². The van der Waals surface area contributed by atoms with Gasteiger partial charge in [-0.25, -0.2) is 0 Å². The van der Waals surface area contributed by atoms with E-state index >= 15 is 0 Å². The molecule has 0 radical (unpaired) electrons. The van der Waals surface area contributed by atoms with Crippen LogP contribution in [0.3, 0.4) is 0 Å². The van der Waals surface area contributed by atoms with Crippen LogP contribution in [0.15, 0.2) is 18.3 Å². The molecule has 1 saturated heterocycles. The van der Waals surface area contributed by atoms with Crippen molar-refractivity contribution in [3.63, 3.8) is 0 Å². The summed E-state index contributed by atoms with van der Waals surface area (Å²) in [5, 5.41) is 2.70. The number of hydrogen-bond donors (Lipinski definition) is 1. The van der Waals surface area contributed by atoms with Crippen molar-refractivity contribution in [1.29, 1.82) is 0 Å². The Bertz CT molecular complexity index is 542. The Hall–Kier alpha value is -1.95. The minimum absolute atomic E-state index is 0.0479. The molecule has 2 amide bonds. The summed E-state index contributed by atoms with van der Waals surface area (Å²) in [6, 6.07) is 3.57. The van der Waals surface area contributed by atoms with Gasteiger partial charge in [-0.05, 0) is 32.9 Å². The van der Waals surface area contributed by atoms with Crippen molar-refractivity contribution >= 4 is 11.8 Å². The molecule has 6 nitrogen and oxygen atoms in total. The monoisotopic (exact) mass is 304 g/mol. The van der Waals surface area contributed by atoms with E-state index in [0.717, 1.165) is 5.69 Å². The van der Waals surface area contributed by atoms with Crippen molar-refractivity contribution in [2.75, 3.05) is 26.7 Å². The molecule has 1 atom stereocenters. The Labute approximate surface area is 131 Å². The van der Waals surface area contributed by atoms with E-state index in [4.69, 9.17) is 0 Å². The highest BCUT2D eigenvalue weighted by Gasteiger charge is 2.35. The predicted octanol–water partition coefficient (Wildman–Crippen LogP) is 0.671. The number of likely N-dealkylation sites (N-methyl/N-ethyl adjacent to an activating group) is 1.